The first-order chi connectivity index (χ1) is 6.77. The number of rotatable bonds is 1. The number of piperazine rings is 1. The Morgan fingerprint density at radius 2 is 2.29 bits per heavy atom. The number of nitrogens with zero attached hydrogens (tertiary/aromatic N) is 1. The van der Waals surface area contributed by atoms with Crippen LogP contribution in [0.25, 0.3) is 0 Å². The van der Waals surface area contributed by atoms with Crippen molar-refractivity contribution >= 4 is 17.5 Å². The molecule has 2 heterocycles. The molecule has 2 rings (SSSR count). The van der Waals surface area contributed by atoms with Gasteiger partial charge in [0.1, 0.15) is 11.2 Å². The minimum Gasteiger partial charge on any atom is -0.353 e. The molecule has 0 aromatic carbocycles. The van der Waals surface area contributed by atoms with Crippen LogP contribution in [0.1, 0.15) is 11.6 Å². The van der Waals surface area contributed by atoms with E-state index in [2.05, 4.69) is 15.6 Å². The van der Waals surface area contributed by atoms with E-state index in [1.807, 2.05) is 0 Å². The van der Waals surface area contributed by atoms with E-state index in [9.17, 15) is 4.79 Å². The Morgan fingerprint density at radius 1 is 1.43 bits per heavy atom. The molecule has 1 fully saturated rings. The number of hydrogen-bond donors (Lipinski definition) is 2. The number of amides is 1. The summed E-state index contributed by atoms with van der Waals surface area (Å²) in [5.41, 5.74) is 0.839. The van der Waals surface area contributed by atoms with Gasteiger partial charge in [0, 0.05) is 19.3 Å². The zero-order valence-electron chi connectivity index (χ0n) is 7.46. The van der Waals surface area contributed by atoms with Crippen LogP contribution in [0.2, 0.25) is 5.15 Å². The van der Waals surface area contributed by atoms with E-state index in [-0.39, 0.29) is 11.9 Å². The van der Waals surface area contributed by atoms with Gasteiger partial charge < -0.3 is 10.6 Å². The summed E-state index contributed by atoms with van der Waals surface area (Å²) in [6, 6.07) is 3.19. The van der Waals surface area contributed by atoms with Gasteiger partial charge in [-0.05, 0) is 11.6 Å². The maximum atomic E-state index is 11.4. The molecule has 1 saturated heterocycles. The van der Waals surface area contributed by atoms with E-state index in [1.54, 1.807) is 18.3 Å². The average molecular weight is 212 g/mol. The quantitative estimate of drug-likeness (QED) is 0.665. The predicted molar refractivity (Wildman–Crippen MR) is 53.0 cm³/mol. The van der Waals surface area contributed by atoms with E-state index in [0.29, 0.717) is 11.7 Å². The molecule has 1 amide bonds. The molecule has 4 nitrogen and oxygen atoms in total. The van der Waals surface area contributed by atoms with Crippen molar-refractivity contribution in [1.82, 2.24) is 15.6 Å². The Morgan fingerprint density at radius 3 is 2.93 bits per heavy atom. The summed E-state index contributed by atoms with van der Waals surface area (Å²) in [6.07, 6.45) is 1.62. The van der Waals surface area contributed by atoms with Crippen LogP contribution in [-0.2, 0) is 4.79 Å². The van der Waals surface area contributed by atoms with E-state index >= 15 is 0 Å². The number of carbonyl (C=O) groups is 1. The predicted octanol–water partition coefficient (Wildman–Crippen LogP) is 0.495. The van der Waals surface area contributed by atoms with Crippen molar-refractivity contribution in [2.24, 2.45) is 0 Å². The van der Waals surface area contributed by atoms with E-state index in [4.69, 9.17) is 11.6 Å². The molecule has 2 N–H and O–H groups in total. The fourth-order valence-electron chi connectivity index (χ4n) is 1.42. The Hall–Kier alpha value is -1.13. The molecule has 0 radical (unpaired) electrons. The van der Waals surface area contributed by atoms with Gasteiger partial charge in [-0.25, -0.2) is 4.98 Å². The van der Waals surface area contributed by atoms with Crippen molar-refractivity contribution in [3.63, 3.8) is 0 Å². The van der Waals surface area contributed by atoms with Gasteiger partial charge in [-0.1, -0.05) is 17.7 Å². The molecule has 1 aromatic rings. The highest BCUT2D eigenvalue weighted by atomic mass is 35.5. The van der Waals surface area contributed by atoms with Crippen LogP contribution in [0.15, 0.2) is 18.3 Å². The molecule has 14 heavy (non-hydrogen) atoms. The van der Waals surface area contributed by atoms with Gasteiger partial charge in [0.05, 0.1) is 0 Å². The standard InChI is InChI=1S/C9H10ClN3O/c10-7-2-1-6(5-13-7)8-9(14)12-4-3-11-8/h1-2,5,8,11H,3-4H2,(H,12,14)/t8-/m0/s1. The largest absolute Gasteiger partial charge is 0.353 e. The SMILES string of the molecule is O=C1NCCN[C@H]1c1ccc(Cl)nc1. The summed E-state index contributed by atoms with van der Waals surface area (Å²) in [4.78, 5) is 15.4. The van der Waals surface area contributed by atoms with Crippen molar-refractivity contribution in [2.45, 2.75) is 6.04 Å². The minimum atomic E-state index is -0.298. The first kappa shape index (κ1) is 9.43. The first-order valence-corrected chi connectivity index (χ1v) is 4.78. The third-order valence-electron chi connectivity index (χ3n) is 2.12. The Labute approximate surface area is 86.7 Å². The lowest BCUT2D eigenvalue weighted by atomic mass is 10.1. The second-order valence-electron chi connectivity index (χ2n) is 3.09. The molecule has 5 heteroatoms. The summed E-state index contributed by atoms with van der Waals surface area (Å²) in [5, 5.41) is 6.33. The zero-order chi connectivity index (χ0) is 9.97. The minimum absolute atomic E-state index is 0.0135. The fourth-order valence-corrected chi connectivity index (χ4v) is 1.54. The molecule has 0 spiro atoms. The number of aromatic nitrogens is 1. The normalized spacial score (nSPS) is 21.8. The number of pyridine rings is 1. The third kappa shape index (κ3) is 1.86. The van der Waals surface area contributed by atoms with Gasteiger partial charge >= 0.3 is 0 Å². The molecule has 0 unspecified atom stereocenters. The van der Waals surface area contributed by atoms with Crippen LogP contribution in [0.3, 0.4) is 0 Å². The summed E-state index contributed by atoms with van der Waals surface area (Å²) in [7, 11) is 0. The van der Waals surface area contributed by atoms with E-state index < -0.39 is 0 Å². The van der Waals surface area contributed by atoms with Crippen LogP contribution in [0.5, 0.6) is 0 Å². The molecule has 0 bridgehead atoms. The molecule has 1 atom stereocenters. The lowest BCUT2D eigenvalue weighted by Gasteiger charge is -2.23. The highest BCUT2D eigenvalue weighted by molar-refractivity contribution is 6.29. The Kier molecular flexibility index (Phi) is 2.65. The second-order valence-corrected chi connectivity index (χ2v) is 3.48. The van der Waals surface area contributed by atoms with Crippen LogP contribution in [-0.4, -0.2) is 24.0 Å². The average Bonchev–Trinajstić information content (AvgIpc) is 2.20. The molecule has 1 aliphatic heterocycles. The van der Waals surface area contributed by atoms with Crippen molar-refractivity contribution in [2.75, 3.05) is 13.1 Å². The molecule has 1 aromatic heterocycles. The van der Waals surface area contributed by atoms with Crippen LogP contribution in [0, 0.1) is 0 Å². The fraction of sp³-hybridized carbons (Fsp3) is 0.333. The lowest BCUT2D eigenvalue weighted by molar-refractivity contribution is -0.124. The van der Waals surface area contributed by atoms with E-state index in [0.717, 1.165) is 12.1 Å². The van der Waals surface area contributed by atoms with Crippen LogP contribution in [0.4, 0.5) is 0 Å². The van der Waals surface area contributed by atoms with E-state index in [1.165, 1.54) is 0 Å². The molecular weight excluding hydrogens is 202 g/mol. The summed E-state index contributed by atoms with van der Waals surface area (Å²) in [5.74, 6) is -0.0135. The third-order valence-corrected chi connectivity index (χ3v) is 2.34. The molecule has 0 saturated carbocycles. The summed E-state index contributed by atoms with van der Waals surface area (Å²) in [6.45, 7) is 1.45. The van der Waals surface area contributed by atoms with Crippen molar-refractivity contribution in [3.8, 4) is 0 Å². The van der Waals surface area contributed by atoms with Crippen LogP contribution < -0.4 is 10.6 Å². The molecular formula is C9H10ClN3O. The number of carbonyl (C=O) groups excluding carboxylic acids is 1. The molecule has 0 aliphatic carbocycles. The monoisotopic (exact) mass is 211 g/mol. The van der Waals surface area contributed by atoms with Crippen molar-refractivity contribution in [1.29, 1.82) is 0 Å². The molecule has 74 valence electrons. The van der Waals surface area contributed by atoms with Crippen molar-refractivity contribution in [3.05, 3.63) is 29.0 Å². The highest BCUT2D eigenvalue weighted by Gasteiger charge is 2.22. The number of hydrogen-bond acceptors (Lipinski definition) is 3. The lowest BCUT2D eigenvalue weighted by Crippen LogP contribution is -2.47. The highest BCUT2D eigenvalue weighted by Crippen LogP contribution is 2.15. The van der Waals surface area contributed by atoms with Gasteiger partial charge in [-0.15, -0.1) is 0 Å². The maximum absolute atomic E-state index is 11.4. The Balaban J connectivity index is 2.20. The smallest absolute Gasteiger partial charge is 0.241 e. The number of nitrogens with one attached hydrogen (secondary N) is 2. The summed E-state index contributed by atoms with van der Waals surface area (Å²) < 4.78 is 0. The Bertz CT molecular complexity index is 338. The zero-order valence-corrected chi connectivity index (χ0v) is 8.21. The van der Waals surface area contributed by atoms with Gasteiger partial charge in [-0.3, -0.25) is 4.79 Å². The van der Waals surface area contributed by atoms with Crippen molar-refractivity contribution < 1.29 is 4.79 Å². The molecule has 1 aliphatic rings. The topological polar surface area (TPSA) is 54.0 Å². The van der Waals surface area contributed by atoms with Gasteiger partial charge in [0.2, 0.25) is 5.91 Å². The summed E-state index contributed by atoms with van der Waals surface area (Å²) >= 11 is 5.65. The van der Waals surface area contributed by atoms with Gasteiger partial charge in [-0.2, -0.15) is 0 Å². The van der Waals surface area contributed by atoms with Crippen LogP contribution >= 0.6 is 11.6 Å². The number of halogens is 1. The maximum Gasteiger partial charge on any atom is 0.241 e. The van der Waals surface area contributed by atoms with Gasteiger partial charge in [0.15, 0.2) is 0 Å². The second kappa shape index (κ2) is 3.94. The first-order valence-electron chi connectivity index (χ1n) is 4.40. The van der Waals surface area contributed by atoms with Gasteiger partial charge in [0.25, 0.3) is 0 Å².